The molecule has 3 atom stereocenters. The summed E-state index contributed by atoms with van der Waals surface area (Å²) in [6.07, 6.45) is 0.570. The molecule has 1 fully saturated rings. The monoisotopic (exact) mass is 287 g/mol. The van der Waals surface area contributed by atoms with Crippen LogP contribution in [0.3, 0.4) is 0 Å². The molecule has 0 spiro atoms. The summed E-state index contributed by atoms with van der Waals surface area (Å²) in [5.74, 6) is 0.167. The van der Waals surface area contributed by atoms with Crippen molar-refractivity contribution >= 4 is 5.91 Å². The highest BCUT2D eigenvalue weighted by Gasteiger charge is 2.36. The summed E-state index contributed by atoms with van der Waals surface area (Å²) in [7, 11) is 3.39. The second-order valence-corrected chi connectivity index (χ2v) is 5.16. The van der Waals surface area contributed by atoms with E-state index in [1.165, 1.54) is 0 Å². The van der Waals surface area contributed by atoms with Crippen molar-refractivity contribution < 1.29 is 14.3 Å². The van der Waals surface area contributed by atoms with Crippen LogP contribution in [0.15, 0.2) is 0 Å². The first-order valence-corrected chi connectivity index (χ1v) is 7.38. The number of methoxy groups -OCH3 is 2. The molecule has 1 aliphatic rings. The van der Waals surface area contributed by atoms with Gasteiger partial charge in [0.05, 0.1) is 12.2 Å². The van der Waals surface area contributed by atoms with Crippen LogP contribution in [0.1, 0.15) is 20.3 Å². The maximum Gasteiger partial charge on any atom is 0.224 e. The van der Waals surface area contributed by atoms with Gasteiger partial charge in [-0.05, 0) is 13.8 Å². The minimum absolute atomic E-state index is 0.0533. The van der Waals surface area contributed by atoms with Crippen LogP contribution < -0.4 is 5.73 Å². The van der Waals surface area contributed by atoms with Crippen molar-refractivity contribution in [3.63, 3.8) is 0 Å². The van der Waals surface area contributed by atoms with E-state index in [-0.39, 0.29) is 24.2 Å². The lowest BCUT2D eigenvalue weighted by molar-refractivity contribution is -0.132. The van der Waals surface area contributed by atoms with Gasteiger partial charge in [-0.3, -0.25) is 9.69 Å². The first-order valence-electron chi connectivity index (χ1n) is 7.38. The fourth-order valence-electron chi connectivity index (χ4n) is 2.79. The fourth-order valence-corrected chi connectivity index (χ4v) is 2.79. The van der Waals surface area contributed by atoms with Gasteiger partial charge in [0.25, 0.3) is 0 Å². The van der Waals surface area contributed by atoms with E-state index in [1.807, 2.05) is 18.7 Å². The Bertz CT molecular complexity index is 285. The maximum absolute atomic E-state index is 12.2. The molecule has 0 aromatic heterocycles. The van der Waals surface area contributed by atoms with Crippen LogP contribution >= 0.6 is 0 Å². The van der Waals surface area contributed by atoms with Gasteiger partial charge in [0, 0.05) is 59.4 Å². The average Bonchev–Trinajstić information content (AvgIpc) is 2.89. The van der Waals surface area contributed by atoms with Crippen LogP contribution in [0.25, 0.3) is 0 Å². The largest absolute Gasteiger partial charge is 0.377 e. The second kappa shape index (κ2) is 8.56. The Morgan fingerprint density at radius 2 is 1.75 bits per heavy atom. The number of nitrogens with two attached hydrogens (primary N) is 1. The normalized spacial score (nSPS) is 24.9. The highest BCUT2D eigenvalue weighted by atomic mass is 16.5. The quantitative estimate of drug-likeness (QED) is 0.676. The van der Waals surface area contributed by atoms with Crippen molar-refractivity contribution in [3.05, 3.63) is 0 Å². The van der Waals surface area contributed by atoms with Crippen molar-refractivity contribution in [2.75, 3.05) is 46.9 Å². The van der Waals surface area contributed by atoms with Gasteiger partial charge in [-0.2, -0.15) is 0 Å². The number of rotatable bonds is 8. The molecule has 6 nitrogen and oxygen atoms in total. The minimum Gasteiger partial charge on any atom is -0.377 e. The van der Waals surface area contributed by atoms with E-state index in [4.69, 9.17) is 15.2 Å². The van der Waals surface area contributed by atoms with Crippen molar-refractivity contribution in [1.82, 2.24) is 9.80 Å². The molecule has 0 aromatic carbocycles. The molecule has 1 saturated heterocycles. The van der Waals surface area contributed by atoms with Gasteiger partial charge in [0.1, 0.15) is 0 Å². The van der Waals surface area contributed by atoms with Gasteiger partial charge in [-0.1, -0.05) is 0 Å². The summed E-state index contributed by atoms with van der Waals surface area (Å²) in [4.78, 5) is 16.3. The van der Waals surface area contributed by atoms with E-state index in [9.17, 15) is 4.79 Å². The summed E-state index contributed by atoms with van der Waals surface area (Å²) in [5, 5.41) is 0. The van der Waals surface area contributed by atoms with Crippen LogP contribution in [0.5, 0.6) is 0 Å². The standard InChI is InChI=1S/C14H29N3O3/c1-5-16(6-2)14(18)7-11(8-15)17-9-12(19-3)13(10-17)20-4/h11-13H,5-10,15H2,1-4H3. The number of carbonyl (C=O) groups is 1. The Labute approximate surface area is 122 Å². The van der Waals surface area contributed by atoms with Crippen LogP contribution in [0.4, 0.5) is 0 Å². The molecule has 0 bridgehead atoms. The van der Waals surface area contributed by atoms with Gasteiger partial charge >= 0.3 is 0 Å². The number of likely N-dealkylation sites (tertiary alicyclic amines) is 1. The summed E-state index contributed by atoms with van der Waals surface area (Å²) in [6, 6.07) is 0.0564. The van der Waals surface area contributed by atoms with Gasteiger partial charge in [-0.15, -0.1) is 0 Å². The van der Waals surface area contributed by atoms with Crippen LogP contribution in [0.2, 0.25) is 0 Å². The average molecular weight is 287 g/mol. The Morgan fingerprint density at radius 1 is 1.25 bits per heavy atom. The van der Waals surface area contributed by atoms with Gasteiger partial charge in [0.2, 0.25) is 5.91 Å². The predicted molar refractivity (Wildman–Crippen MR) is 78.6 cm³/mol. The maximum atomic E-state index is 12.2. The Hall–Kier alpha value is -0.690. The summed E-state index contributed by atoms with van der Waals surface area (Å²) in [5.41, 5.74) is 5.86. The smallest absolute Gasteiger partial charge is 0.224 e. The van der Waals surface area contributed by atoms with Crippen LogP contribution in [-0.4, -0.2) is 80.9 Å². The fraction of sp³-hybridized carbons (Fsp3) is 0.929. The molecule has 1 aliphatic heterocycles. The first-order chi connectivity index (χ1) is 9.60. The molecule has 3 unspecified atom stereocenters. The predicted octanol–water partition coefficient (Wildman–Crippen LogP) is -0.0822. The van der Waals surface area contributed by atoms with E-state index >= 15 is 0 Å². The van der Waals surface area contributed by atoms with E-state index in [2.05, 4.69) is 4.90 Å². The Kier molecular flexibility index (Phi) is 7.43. The van der Waals surface area contributed by atoms with Gasteiger partial charge in [-0.25, -0.2) is 0 Å². The van der Waals surface area contributed by atoms with E-state index in [1.54, 1.807) is 14.2 Å². The number of ether oxygens (including phenoxy) is 2. The zero-order valence-corrected chi connectivity index (χ0v) is 13.2. The first kappa shape index (κ1) is 17.4. The van der Waals surface area contributed by atoms with E-state index in [0.29, 0.717) is 13.0 Å². The van der Waals surface area contributed by atoms with Crippen LogP contribution in [0, 0.1) is 0 Å². The molecule has 118 valence electrons. The molecule has 2 N–H and O–H groups in total. The molecule has 1 heterocycles. The van der Waals surface area contributed by atoms with Crippen molar-refractivity contribution in [2.45, 2.75) is 38.5 Å². The number of hydrogen-bond acceptors (Lipinski definition) is 5. The highest BCUT2D eigenvalue weighted by Crippen LogP contribution is 2.19. The summed E-state index contributed by atoms with van der Waals surface area (Å²) in [6.45, 7) is 7.49. The molecule has 1 amide bonds. The van der Waals surface area contributed by atoms with E-state index < -0.39 is 0 Å². The second-order valence-electron chi connectivity index (χ2n) is 5.16. The topological polar surface area (TPSA) is 68.0 Å². The number of amides is 1. The van der Waals surface area contributed by atoms with Crippen molar-refractivity contribution in [2.24, 2.45) is 5.73 Å². The Balaban J connectivity index is 2.61. The van der Waals surface area contributed by atoms with Gasteiger partial charge in [0.15, 0.2) is 0 Å². The van der Waals surface area contributed by atoms with E-state index in [0.717, 1.165) is 26.2 Å². The lowest BCUT2D eigenvalue weighted by Crippen LogP contribution is -2.44. The van der Waals surface area contributed by atoms with Crippen LogP contribution in [-0.2, 0) is 14.3 Å². The number of carbonyl (C=O) groups excluding carboxylic acids is 1. The molecule has 6 heteroatoms. The third-order valence-electron chi connectivity index (χ3n) is 4.16. The molecule has 0 aliphatic carbocycles. The molecule has 0 saturated carbocycles. The lowest BCUT2D eigenvalue weighted by Gasteiger charge is -2.28. The summed E-state index contributed by atoms with van der Waals surface area (Å²) < 4.78 is 10.9. The molecule has 20 heavy (non-hydrogen) atoms. The third-order valence-corrected chi connectivity index (χ3v) is 4.16. The molecular weight excluding hydrogens is 258 g/mol. The third kappa shape index (κ3) is 4.15. The molecule has 1 rings (SSSR count). The highest BCUT2D eigenvalue weighted by molar-refractivity contribution is 5.76. The zero-order chi connectivity index (χ0) is 15.1. The Morgan fingerprint density at radius 3 is 2.10 bits per heavy atom. The number of nitrogens with zero attached hydrogens (tertiary/aromatic N) is 2. The number of hydrogen-bond donors (Lipinski definition) is 1. The van der Waals surface area contributed by atoms with Crippen molar-refractivity contribution in [3.8, 4) is 0 Å². The SMILES string of the molecule is CCN(CC)C(=O)CC(CN)N1CC(OC)C(OC)C1. The molecule has 0 radical (unpaired) electrons. The lowest BCUT2D eigenvalue weighted by atomic mass is 10.1. The molecule has 0 aromatic rings. The summed E-state index contributed by atoms with van der Waals surface area (Å²) >= 11 is 0. The zero-order valence-electron chi connectivity index (χ0n) is 13.2. The van der Waals surface area contributed by atoms with Gasteiger partial charge < -0.3 is 20.1 Å². The minimum atomic E-state index is 0.0533. The van der Waals surface area contributed by atoms with Crippen molar-refractivity contribution in [1.29, 1.82) is 0 Å². The molecular formula is C14H29N3O3.